The van der Waals surface area contributed by atoms with Crippen LogP contribution in [-0.2, 0) is 13.2 Å². The lowest BCUT2D eigenvalue weighted by atomic mass is 10.2. The molecule has 26 heavy (non-hydrogen) atoms. The molecule has 4 heteroatoms. The lowest BCUT2D eigenvalue weighted by Crippen LogP contribution is -2.02. The molecule has 0 N–H and O–H groups in total. The highest BCUT2D eigenvalue weighted by atomic mass is 16.5. The van der Waals surface area contributed by atoms with Gasteiger partial charge in [-0.3, -0.25) is 4.79 Å². The van der Waals surface area contributed by atoms with Gasteiger partial charge in [-0.05, 0) is 17.2 Å². The van der Waals surface area contributed by atoms with Crippen LogP contribution in [0.3, 0.4) is 0 Å². The van der Waals surface area contributed by atoms with Gasteiger partial charge in [0.05, 0.1) is 12.7 Å². The van der Waals surface area contributed by atoms with Crippen LogP contribution < -0.4 is 14.2 Å². The Balaban J connectivity index is 1.80. The molecule has 0 bridgehead atoms. The van der Waals surface area contributed by atoms with Crippen molar-refractivity contribution < 1.29 is 19.0 Å². The lowest BCUT2D eigenvalue weighted by Gasteiger charge is -2.15. The van der Waals surface area contributed by atoms with Crippen LogP contribution in [0.2, 0.25) is 0 Å². The van der Waals surface area contributed by atoms with Crippen molar-refractivity contribution in [2.45, 2.75) is 13.2 Å². The fraction of sp³-hybridized carbons (Fsp3) is 0.136. The number of rotatable bonds is 8. The Morgan fingerprint density at radius 3 is 1.77 bits per heavy atom. The van der Waals surface area contributed by atoms with E-state index < -0.39 is 0 Å². The van der Waals surface area contributed by atoms with Crippen LogP contribution in [-0.4, -0.2) is 13.4 Å². The summed E-state index contributed by atoms with van der Waals surface area (Å²) < 4.78 is 17.1. The molecule has 0 fully saturated rings. The summed E-state index contributed by atoms with van der Waals surface area (Å²) in [5.74, 6) is 1.49. The van der Waals surface area contributed by atoms with Gasteiger partial charge in [0.2, 0.25) is 0 Å². The number of aldehydes is 1. The largest absolute Gasteiger partial charge is 0.493 e. The first-order valence-electron chi connectivity index (χ1n) is 8.31. The van der Waals surface area contributed by atoms with Crippen molar-refractivity contribution in [1.29, 1.82) is 0 Å². The first-order valence-corrected chi connectivity index (χ1v) is 8.31. The third kappa shape index (κ3) is 4.42. The quantitative estimate of drug-likeness (QED) is 0.555. The van der Waals surface area contributed by atoms with Crippen LogP contribution in [0, 0.1) is 0 Å². The number of hydrogen-bond donors (Lipinski definition) is 0. The molecule has 0 saturated heterocycles. The number of hydrogen-bond acceptors (Lipinski definition) is 4. The van der Waals surface area contributed by atoms with Crippen LogP contribution >= 0.6 is 0 Å². The van der Waals surface area contributed by atoms with E-state index in [0.717, 1.165) is 17.4 Å². The molecule has 3 aromatic carbocycles. The van der Waals surface area contributed by atoms with Gasteiger partial charge in [-0.25, -0.2) is 0 Å². The highest BCUT2D eigenvalue weighted by molar-refractivity contribution is 5.81. The minimum absolute atomic E-state index is 0.367. The molecule has 0 aliphatic heterocycles. The van der Waals surface area contributed by atoms with Crippen molar-refractivity contribution in [2.75, 3.05) is 7.11 Å². The second-order valence-corrected chi connectivity index (χ2v) is 5.71. The normalized spacial score (nSPS) is 10.2. The van der Waals surface area contributed by atoms with Crippen molar-refractivity contribution >= 4 is 6.29 Å². The summed E-state index contributed by atoms with van der Waals surface area (Å²) >= 11 is 0. The Kier molecular flexibility index (Phi) is 5.88. The first kappa shape index (κ1) is 17.5. The maximum Gasteiger partial charge on any atom is 0.165 e. The van der Waals surface area contributed by atoms with E-state index in [4.69, 9.17) is 14.2 Å². The van der Waals surface area contributed by atoms with Gasteiger partial charge in [0, 0.05) is 6.07 Å². The van der Waals surface area contributed by atoms with Crippen molar-refractivity contribution in [1.82, 2.24) is 0 Å². The van der Waals surface area contributed by atoms with E-state index in [9.17, 15) is 4.79 Å². The second kappa shape index (κ2) is 8.72. The van der Waals surface area contributed by atoms with Crippen LogP contribution in [0.25, 0.3) is 0 Å². The number of carbonyl (C=O) groups excluding carboxylic acids is 1. The van der Waals surface area contributed by atoms with E-state index in [1.807, 2.05) is 60.7 Å². The zero-order valence-corrected chi connectivity index (χ0v) is 14.6. The maximum atomic E-state index is 11.4. The molecule has 0 radical (unpaired) electrons. The molecule has 0 amide bonds. The molecular weight excluding hydrogens is 328 g/mol. The average molecular weight is 348 g/mol. The molecule has 0 saturated carbocycles. The molecule has 3 rings (SSSR count). The van der Waals surface area contributed by atoms with Gasteiger partial charge in [0.1, 0.15) is 19.0 Å². The van der Waals surface area contributed by atoms with Gasteiger partial charge in [0.15, 0.2) is 17.8 Å². The Hall–Kier alpha value is -3.27. The Bertz CT molecular complexity index is 845. The van der Waals surface area contributed by atoms with Gasteiger partial charge in [-0.2, -0.15) is 0 Å². The number of ether oxygens (including phenoxy) is 3. The summed E-state index contributed by atoms with van der Waals surface area (Å²) in [5.41, 5.74) is 2.48. The van der Waals surface area contributed by atoms with Crippen LogP contribution in [0.1, 0.15) is 21.5 Å². The fourth-order valence-electron chi connectivity index (χ4n) is 2.52. The van der Waals surface area contributed by atoms with E-state index in [0.29, 0.717) is 36.0 Å². The third-order valence-corrected chi connectivity index (χ3v) is 3.90. The molecule has 0 spiro atoms. The summed E-state index contributed by atoms with van der Waals surface area (Å²) in [4.78, 5) is 11.4. The predicted molar refractivity (Wildman–Crippen MR) is 99.9 cm³/mol. The number of methoxy groups -OCH3 is 1. The van der Waals surface area contributed by atoms with Crippen LogP contribution in [0.15, 0.2) is 72.8 Å². The van der Waals surface area contributed by atoms with Gasteiger partial charge < -0.3 is 14.2 Å². The van der Waals surface area contributed by atoms with E-state index >= 15 is 0 Å². The number of benzene rings is 3. The van der Waals surface area contributed by atoms with Gasteiger partial charge >= 0.3 is 0 Å². The zero-order chi connectivity index (χ0) is 18.2. The summed E-state index contributed by atoms with van der Waals surface area (Å²) in [6, 6.07) is 23.0. The SMILES string of the molecule is COc1cc(C=O)c(OCc2ccccc2)cc1OCc1ccccc1. The van der Waals surface area contributed by atoms with Crippen molar-refractivity contribution in [3.8, 4) is 17.2 Å². The summed E-state index contributed by atoms with van der Waals surface area (Å²) in [7, 11) is 1.55. The van der Waals surface area contributed by atoms with Crippen molar-refractivity contribution in [3.63, 3.8) is 0 Å². The highest BCUT2D eigenvalue weighted by Crippen LogP contribution is 2.35. The third-order valence-electron chi connectivity index (χ3n) is 3.90. The lowest BCUT2D eigenvalue weighted by molar-refractivity contribution is 0.111. The highest BCUT2D eigenvalue weighted by Gasteiger charge is 2.13. The molecule has 0 aliphatic carbocycles. The van der Waals surface area contributed by atoms with E-state index in [1.54, 1.807) is 19.2 Å². The molecule has 3 aromatic rings. The maximum absolute atomic E-state index is 11.4. The van der Waals surface area contributed by atoms with Crippen LogP contribution in [0.5, 0.6) is 17.2 Å². The molecular formula is C22H20O4. The summed E-state index contributed by atoms with van der Waals surface area (Å²) in [5, 5.41) is 0. The summed E-state index contributed by atoms with van der Waals surface area (Å²) in [6.45, 7) is 0.766. The molecule has 4 nitrogen and oxygen atoms in total. The number of carbonyl (C=O) groups is 1. The molecule has 0 heterocycles. The zero-order valence-electron chi connectivity index (χ0n) is 14.6. The Labute approximate surface area is 153 Å². The second-order valence-electron chi connectivity index (χ2n) is 5.71. The Morgan fingerprint density at radius 2 is 1.27 bits per heavy atom. The first-order chi connectivity index (χ1) is 12.8. The minimum atomic E-state index is 0.367. The minimum Gasteiger partial charge on any atom is -0.493 e. The van der Waals surface area contributed by atoms with Gasteiger partial charge in [0.25, 0.3) is 0 Å². The van der Waals surface area contributed by atoms with Crippen LogP contribution in [0.4, 0.5) is 0 Å². The van der Waals surface area contributed by atoms with Gasteiger partial charge in [-0.15, -0.1) is 0 Å². The molecule has 0 atom stereocenters. The van der Waals surface area contributed by atoms with E-state index in [1.165, 1.54) is 0 Å². The Morgan fingerprint density at radius 1 is 0.731 bits per heavy atom. The fourth-order valence-corrected chi connectivity index (χ4v) is 2.52. The molecule has 0 aliphatic rings. The average Bonchev–Trinajstić information content (AvgIpc) is 2.72. The molecule has 0 unspecified atom stereocenters. The van der Waals surface area contributed by atoms with Gasteiger partial charge in [-0.1, -0.05) is 60.7 Å². The topological polar surface area (TPSA) is 44.8 Å². The standard InChI is InChI=1S/C22H20O4/c1-24-21-12-19(14-23)20(25-15-17-8-4-2-5-9-17)13-22(21)26-16-18-10-6-3-7-11-18/h2-14H,15-16H2,1H3. The van der Waals surface area contributed by atoms with Crippen molar-refractivity contribution in [2.24, 2.45) is 0 Å². The smallest absolute Gasteiger partial charge is 0.165 e. The van der Waals surface area contributed by atoms with Crippen molar-refractivity contribution in [3.05, 3.63) is 89.5 Å². The predicted octanol–water partition coefficient (Wildman–Crippen LogP) is 4.67. The van der Waals surface area contributed by atoms with E-state index in [2.05, 4.69) is 0 Å². The summed E-state index contributed by atoms with van der Waals surface area (Å²) in [6.07, 6.45) is 0.754. The monoisotopic (exact) mass is 348 g/mol. The molecule has 0 aromatic heterocycles. The van der Waals surface area contributed by atoms with E-state index in [-0.39, 0.29) is 0 Å². The molecule has 132 valence electrons.